The summed E-state index contributed by atoms with van der Waals surface area (Å²) < 4.78 is 46.3. The molecule has 0 amide bonds. The van der Waals surface area contributed by atoms with E-state index in [1.807, 2.05) is 17.9 Å². The normalized spacial score (nSPS) is 23.9. The molecule has 11 heteroatoms. The number of aromatic nitrogens is 6. The highest BCUT2D eigenvalue weighted by Crippen LogP contribution is 2.49. The Morgan fingerprint density at radius 3 is 2.90 bits per heavy atom. The van der Waals surface area contributed by atoms with Gasteiger partial charge in [-0.05, 0) is 43.9 Å². The molecule has 3 aromatic rings. The molecule has 5 rings (SSSR count). The Bertz CT molecular complexity index is 1090. The van der Waals surface area contributed by atoms with E-state index in [4.69, 9.17) is 4.74 Å². The molecule has 1 aliphatic carbocycles. The monoisotopic (exact) mass is 419 g/mol. The van der Waals surface area contributed by atoms with Gasteiger partial charge in [0.05, 0.1) is 6.61 Å². The predicted molar refractivity (Wildman–Crippen MR) is 100 cm³/mol. The van der Waals surface area contributed by atoms with Crippen LogP contribution >= 0.6 is 0 Å². The van der Waals surface area contributed by atoms with E-state index in [9.17, 15) is 13.2 Å². The fourth-order valence-electron chi connectivity index (χ4n) is 4.65. The van der Waals surface area contributed by atoms with Crippen LogP contribution in [-0.4, -0.2) is 49.5 Å². The van der Waals surface area contributed by atoms with Gasteiger partial charge in [0.2, 0.25) is 0 Å². The Hall–Kier alpha value is -2.98. The van der Waals surface area contributed by atoms with Crippen LogP contribution in [0.5, 0.6) is 6.01 Å². The summed E-state index contributed by atoms with van der Waals surface area (Å²) in [6.07, 6.45) is 0.195. The van der Waals surface area contributed by atoms with Crippen molar-refractivity contribution in [1.82, 2.24) is 29.8 Å². The number of nitrogens with zero attached hydrogens (tertiary/aromatic N) is 7. The van der Waals surface area contributed by atoms with Gasteiger partial charge in [-0.2, -0.15) is 17.7 Å². The van der Waals surface area contributed by atoms with E-state index in [2.05, 4.69) is 25.3 Å². The molecular formula is C19H20F3N7O. The smallest absolute Gasteiger partial charge is 0.453 e. The Kier molecular flexibility index (Phi) is 4.30. The van der Waals surface area contributed by atoms with Crippen LogP contribution in [0.1, 0.15) is 30.8 Å². The second-order valence-electron chi connectivity index (χ2n) is 8.08. The molecule has 1 aliphatic heterocycles. The van der Waals surface area contributed by atoms with E-state index >= 15 is 0 Å². The molecule has 0 radical (unpaired) electrons. The van der Waals surface area contributed by atoms with Crippen LogP contribution in [0.3, 0.4) is 0 Å². The first-order valence-electron chi connectivity index (χ1n) is 9.81. The van der Waals surface area contributed by atoms with Gasteiger partial charge in [-0.3, -0.25) is 0 Å². The maximum atomic E-state index is 13.2. The molecule has 0 bridgehead atoms. The molecule has 3 aromatic heterocycles. The number of alkyl halides is 3. The fraction of sp³-hybridized carbons (Fsp3) is 0.526. The highest BCUT2D eigenvalue weighted by atomic mass is 19.4. The highest BCUT2D eigenvalue weighted by molar-refractivity contribution is 5.47. The third-order valence-electron chi connectivity index (χ3n) is 6.13. The van der Waals surface area contributed by atoms with Crippen LogP contribution in [-0.2, 0) is 6.18 Å². The van der Waals surface area contributed by atoms with Crippen molar-refractivity contribution in [1.29, 1.82) is 0 Å². The van der Waals surface area contributed by atoms with Crippen molar-refractivity contribution < 1.29 is 17.9 Å². The van der Waals surface area contributed by atoms with Crippen LogP contribution < -0.4 is 9.64 Å². The number of anilines is 1. The van der Waals surface area contributed by atoms with Crippen LogP contribution in [0.15, 0.2) is 24.4 Å². The summed E-state index contributed by atoms with van der Waals surface area (Å²) in [6, 6.07) is 5.38. The van der Waals surface area contributed by atoms with Gasteiger partial charge in [0.15, 0.2) is 5.65 Å². The number of hydrogen-bond acceptors (Lipinski definition) is 7. The lowest BCUT2D eigenvalue weighted by atomic mass is 9.82. The highest BCUT2D eigenvalue weighted by Gasteiger charge is 2.50. The van der Waals surface area contributed by atoms with Gasteiger partial charge >= 0.3 is 12.2 Å². The Labute approximate surface area is 170 Å². The van der Waals surface area contributed by atoms with Crippen molar-refractivity contribution in [2.45, 2.75) is 32.4 Å². The molecule has 0 spiro atoms. The van der Waals surface area contributed by atoms with Gasteiger partial charge in [-0.25, -0.2) is 9.97 Å². The lowest BCUT2D eigenvalue weighted by molar-refractivity contribution is -0.146. The van der Waals surface area contributed by atoms with E-state index in [1.165, 1.54) is 6.07 Å². The number of rotatable bonds is 4. The summed E-state index contributed by atoms with van der Waals surface area (Å²) in [7, 11) is 0. The molecule has 30 heavy (non-hydrogen) atoms. The van der Waals surface area contributed by atoms with Crippen molar-refractivity contribution in [3.63, 3.8) is 0 Å². The number of ether oxygens (including phenoxy) is 1. The van der Waals surface area contributed by atoms with Gasteiger partial charge in [0.1, 0.15) is 5.82 Å². The molecule has 8 nitrogen and oxygen atoms in total. The molecule has 1 saturated carbocycles. The number of aryl methyl sites for hydroxylation is 1. The first kappa shape index (κ1) is 19.0. The molecule has 1 saturated heterocycles. The van der Waals surface area contributed by atoms with E-state index in [0.717, 1.165) is 36.0 Å². The summed E-state index contributed by atoms with van der Waals surface area (Å²) in [5.41, 5.74) is 0.810. The number of halogens is 3. The Morgan fingerprint density at radius 2 is 2.10 bits per heavy atom. The van der Waals surface area contributed by atoms with Gasteiger partial charge < -0.3 is 9.64 Å². The molecule has 2 fully saturated rings. The van der Waals surface area contributed by atoms with Gasteiger partial charge in [-0.15, -0.1) is 15.3 Å². The number of hydrogen-bond donors (Lipinski definition) is 0. The van der Waals surface area contributed by atoms with E-state index in [1.54, 1.807) is 12.3 Å². The number of fused-ring (bicyclic) bond motifs is 2. The van der Waals surface area contributed by atoms with Crippen LogP contribution in [0.25, 0.3) is 5.65 Å². The molecular weight excluding hydrogens is 399 g/mol. The third kappa shape index (κ3) is 3.21. The standard InChI is InChI=1S/C19H20F3N7O/c1-12-6-8-23-17(24-12)30-11-18-7-2-3-13(18)9-28(10-18)15-5-4-14-25-26-16(19(20,21)22)29(14)27-15/h4-6,8,13H,2-3,7,9-11H2,1H3. The van der Waals surface area contributed by atoms with Gasteiger partial charge in [0, 0.05) is 30.4 Å². The SMILES string of the molecule is Cc1ccnc(OCC23CCCC2CN(c2ccc4nnc(C(F)(F)F)n4n2)C3)n1. The Balaban J connectivity index is 1.39. The summed E-state index contributed by atoms with van der Waals surface area (Å²) in [5.74, 6) is -0.260. The average molecular weight is 419 g/mol. The minimum absolute atomic E-state index is 0.0695. The van der Waals surface area contributed by atoms with Crippen LogP contribution in [0, 0.1) is 18.3 Å². The molecule has 2 atom stereocenters. The summed E-state index contributed by atoms with van der Waals surface area (Å²) in [4.78, 5) is 10.5. The summed E-state index contributed by atoms with van der Waals surface area (Å²) in [6.45, 7) is 3.73. The zero-order valence-corrected chi connectivity index (χ0v) is 16.3. The van der Waals surface area contributed by atoms with Crippen molar-refractivity contribution >= 4 is 11.5 Å². The van der Waals surface area contributed by atoms with Crippen molar-refractivity contribution in [3.8, 4) is 6.01 Å². The fourth-order valence-corrected chi connectivity index (χ4v) is 4.65. The minimum atomic E-state index is -4.62. The zero-order valence-electron chi connectivity index (χ0n) is 16.3. The third-order valence-corrected chi connectivity index (χ3v) is 6.13. The quantitative estimate of drug-likeness (QED) is 0.643. The maximum absolute atomic E-state index is 13.2. The Morgan fingerprint density at radius 1 is 1.23 bits per heavy atom. The largest absolute Gasteiger partial charge is 0.463 e. The molecule has 2 aliphatic rings. The topological polar surface area (TPSA) is 81.3 Å². The lowest BCUT2D eigenvalue weighted by Crippen LogP contribution is -2.34. The van der Waals surface area contributed by atoms with Crippen molar-refractivity contribution in [3.05, 3.63) is 35.9 Å². The van der Waals surface area contributed by atoms with E-state index < -0.39 is 12.0 Å². The minimum Gasteiger partial charge on any atom is -0.463 e. The predicted octanol–water partition coefficient (Wildman–Crippen LogP) is 2.93. The van der Waals surface area contributed by atoms with E-state index in [0.29, 0.717) is 30.9 Å². The van der Waals surface area contributed by atoms with Crippen LogP contribution in [0.4, 0.5) is 19.0 Å². The van der Waals surface area contributed by atoms with E-state index in [-0.39, 0.29) is 11.1 Å². The first-order chi connectivity index (χ1) is 14.3. The first-order valence-corrected chi connectivity index (χ1v) is 9.81. The summed E-state index contributed by atoms with van der Waals surface area (Å²) >= 11 is 0. The molecule has 0 aromatic carbocycles. The summed E-state index contributed by atoms with van der Waals surface area (Å²) in [5, 5.41) is 11.0. The molecule has 158 valence electrons. The molecule has 2 unspecified atom stereocenters. The average Bonchev–Trinajstić information content (AvgIpc) is 3.37. The lowest BCUT2D eigenvalue weighted by Gasteiger charge is -2.28. The second kappa shape index (κ2) is 6.78. The van der Waals surface area contributed by atoms with Gasteiger partial charge in [-0.1, -0.05) is 6.42 Å². The molecule has 4 heterocycles. The van der Waals surface area contributed by atoms with Crippen molar-refractivity contribution in [2.24, 2.45) is 11.3 Å². The zero-order chi connectivity index (χ0) is 20.9. The second-order valence-corrected chi connectivity index (χ2v) is 8.08. The van der Waals surface area contributed by atoms with Crippen LogP contribution in [0.2, 0.25) is 0 Å². The molecule has 0 N–H and O–H groups in total. The maximum Gasteiger partial charge on any atom is 0.453 e. The van der Waals surface area contributed by atoms with Gasteiger partial charge in [0.25, 0.3) is 5.82 Å². The van der Waals surface area contributed by atoms with Crippen molar-refractivity contribution in [2.75, 3.05) is 24.6 Å².